The summed E-state index contributed by atoms with van der Waals surface area (Å²) in [6.45, 7) is 4.54. The van der Waals surface area contributed by atoms with Crippen LogP contribution in [0.3, 0.4) is 0 Å². The van der Waals surface area contributed by atoms with Gasteiger partial charge in [-0.3, -0.25) is 4.79 Å². The lowest BCUT2D eigenvalue weighted by Crippen LogP contribution is -2.57. The molecule has 5 rings (SSSR count). The first-order valence-electron chi connectivity index (χ1n) is 11.2. The Morgan fingerprint density at radius 3 is 2.82 bits per heavy atom. The van der Waals surface area contributed by atoms with Gasteiger partial charge < -0.3 is 10.2 Å². The lowest BCUT2D eigenvalue weighted by molar-refractivity contribution is -0.138. The summed E-state index contributed by atoms with van der Waals surface area (Å²) in [7, 11) is 0. The molecule has 0 heterocycles. The first-order chi connectivity index (χ1) is 13.3. The van der Waals surface area contributed by atoms with E-state index in [4.69, 9.17) is 0 Å². The number of fused-ring (bicyclic) bond motifs is 7. The van der Waals surface area contributed by atoms with E-state index in [-0.39, 0.29) is 11.3 Å². The van der Waals surface area contributed by atoms with Crippen molar-refractivity contribution in [3.05, 3.63) is 23.8 Å². The highest BCUT2D eigenvalue weighted by Gasteiger charge is 2.76. The van der Waals surface area contributed by atoms with Gasteiger partial charge in [-0.2, -0.15) is 0 Å². The quantitative estimate of drug-likeness (QED) is 0.722. The van der Waals surface area contributed by atoms with Crippen LogP contribution in [0.25, 0.3) is 0 Å². The average molecular weight is 385 g/mol. The number of carbonyl (C=O) groups excluding carboxylic acids is 1. The van der Waals surface area contributed by atoms with Gasteiger partial charge in [-0.25, -0.2) is 4.79 Å². The van der Waals surface area contributed by atoms with Crippen molar-refractivity contribution in [3.63, 3.8) is 0 Å². The summed E-state index contributed by atoms with van der Waals surface area (Å²) in [4.78, 5) is 23.2. The van der Waals surface area contributed by atoms with E-state index in [2.05, 4.69) is 13.8 Å². The van der Waals surface area contributed by atoms with Gasteiger partial charge in [-0.05, 0) is 92.1 Å². The summed E-state index contributed by atoms with van der Waals surface area (Å²) in [5.41, 5.74) is 0.229. The molecule has 0 radical (unpaired) electrons. The fraction of sp³-hybridized carbons (Fsp3) is 0.750. The standard InChI is InChI=1S/C24H32O4/c1-3-23-8-6-17-16-5-4-15(25)11-14(16)10-13(2)21(17)22(23)18-12-19(18)24(23,28)9-7-20(26)27/h7,9,11,13,16-19,21-22,28H,3-6,8,10,12H2,1-2H3,(H,26,27)/b9-7-/t13-,16+,17-,18+,19-,21-,22+,23+,24+/m1/s1. The lowest BCUT2D eigenvalue weighted by atomic mass is 9.46. The van der Waals surface area contributed by atoms with E-state index >= 15 is 0 Å². The number of aliphatic hydroxyl groups is 1. The Hall–Kier alpha value is -1.42. The fourth-order valence-corrected chi connectivity index (χ4v) is 8.57. The SMILES string of the molecule is CC[C@]12CC[C@H]3[C@H]([C@@H]1[C@H]1C[C@H]1[C@@]2(O)/C=C\C(=O)O)[C@H](C)CC1=CC(=O)CC[C@@H]13. The summed E-state index contributed by atoms with van der Waals surface area (Å²) in [5.74, 6) is 2.87. The topological polar surface area (TPSA) is 74.6 Å². The molecule has 2 N–H and O–H groups in total. The van der Waals surface area contributed by atoms with Crippen molar-refractivity contribution in [2.24, 2.45) is 46.8 Å². The van der Waals surface area contributed by atoms with Crippen LogP contribution in [0.2, 0.25) is 0 Å². The molecule has 4 nitrogen and oxygen atoms in total. The molecule has 0 saturated heterocycles. The highest BCUT2D eigenvalue weighted by atomic mass is 16.4. The molecule has 152 valence electrons. The van der Waals surface area contributed by atoms with Crippen LogP contribution in [-0.4, -0.2) is 27.6 Å². The summed E-state index contributed by atoms with van der Waals surface area (Å²) in [5, 5.41) is 21.0. The third-order valence-electron chi connectivity index (χ3n) is 9.50. The third-order valence-corrected chi connectivity index (χ3v) is 9.50. The Kier molecular flexibility index (Phi) is 4.01. The predicted octanol–water partition coefficient (Wildman–Crippen LogP) is 3.99. The van der Waals surface area contributed by atoms with Crippen molar-refractivity contribution in [1.29, 1.82) is 0 Å². The first-order valence-corrected chi connectivity index (χ1v) is 11.2. The number of ketones is 1. The molecular formula is C24H32O4. The first kappa shape index (κ1) is 18.6. The highest BCUT2D eigenvalue weighted by molar-refractivity contribution is 5.91. The van der Waals surface area contributed by atoms with Gasteiger partial charge in [-0.1, -0.05) is 19.4 Å². The molecule has 4 saturated carbocycles. The van der Waals surface area contributed by atoms with Crippen molar-refractivity contribution in [3.8, 4) is 0 Å². The van der Waals surface area contributed by atoms with E-state index in [9.17, 15) is 19.8 Å². The van der Waals surface area contributed by atoms with Crippen LogP contribution in [0.15, 0.2) is 23.8 Å². The van der Waals surface area contributed by atoms with Crippen LogP contribution in [0.1, 0.15) is 58.8 Å². The maximum atomic E-state index is 12.0. The normalized spacial score (nSPS) is 51.8. The van der Waals surface area contributed by atoms with Crippen molar-refractivity contribution < 1.29 is 19.8 Å². The van der Waals surface area contributed by atoms with E-state index in [1.807, 2.05) is 6.08 Å². The van der Waals surface area contributed by atoms with Crippen molar-refractivity contribution in [2.45, 2.75) is 64.4 Å². The van der Waals surface area contributed by atoms with Crippen LogP contribution in [-0.2, 0) is 9.59 Å². The number of aliphatic carboxylic acids is 1. The Morgan fingerprint density at radius 2 is 2.11 bits per heavy atom. The Balaban J connectivity index is 1.54. The average Bonchev–Trinajstić information content (AvgIpc) is 3.42. The van der Waals surface area contributed by atoms with Gasteiger partial charge in [0.05, 0.1) is 5.60 Å². The molecule has 0 bridgehead atoms. The van der Waals surface area contributed by atoms with E-state index in [0.717, 1.165) is 38.5 Å². The van der Waals surface area contributed by atoms with Gasteiger partial charge in [0.25, 0.3) is 0 Å². The number of carboxylic acids is 1. The van der Waals surface area contributed by atoms with Gasteiger partial charge in [0.15, 0.2) is 5.78 Å². The summed E-state index contributed by atoms with van der Waals surface area (Å²) in [6, 6.07) is 0. The zero-order chi connectivity index (χ0) is 19.8. The van der Waals surface area contributed by atoms with Crippen molar-refractivity contribution >= 4 is 11.8 Å². The monoisotopic (exact) mass is 384 g/mol. The number of hydrogen-bond acceptors (Lipinski definition) is 3. The van der Waals surface area contributed by atoms with Crippen LogP contribution < -0.4 is 0 Å². The molecule has 0 spiro atoms. The van der Waals surface area contributed by atoms with Crippen LogP contribution in [0, 0.1) is 46.8 Å². The molecule has 4 heteroatoms. The predicted molar refractivity (Wildman–Crippen MR) is 105 cm³/mol. The fourth-order valence-electron chi connectivity index (χ4n) is 8.57. The number of carboxylic acid groups (broad SMARTS) is 1. The summed E-state index contributed by atoms with van der Waals surface area (Å²) in [6.07, 6.45) is 11.5. The molecule has 0 aromatic heterocycles. The van der Waals surface area contributed by atoms with E-state index in [0.29, 0.717) is 47.7 Å². The molecule has 0 unspecified atom stereocenters. The molecule has 0 amide bonds. The highest BCUT2D eigenvalue weighted by Crippen LogP contribution is 2.77. The van der Waals surface area contributed by atoms with Crippen molar-refractivity contribution in [2.75, 3.05) is 0 Å². The van der Waals surface area contributed by atoms with E-state index in [1.54, 1.807) is 6.08 Å². The second-order valence-electron chi connectivity index (χ2n) is 10.3. The molecule has 5 aliphatic rings. The number of hydrogen-bond donors (Lipinski definition) is 2. The van der Waals surface area contributed by atoms with Gasteiger partial charge in [-0.15, -0.1) is 0 Å². The van der Waals surface area contributed by atoms with Gasteiger partial charge in [0.1, 0.15) is 0 Å². The Morgan fingerprint density at radius 1 is 1.32 bits per heavy atom. The van der Waals surface area contributed by atoms with E-state index in [1.165, 1.54) is 11.6 Å². The van der Waals surface area contributed by atoms with Gasteiger partial charge in [0, 0.05) is 17.9 Å². The Bertz CT molecular complexity index is 781. The van der Waals surface area contributed by atoms with Crippen molar-refractivity contribution in [1.82, 2.24) is 0 Å². The molecule has 9 atom stereocenters. The number of rotatable bonds is 3. The maximum Gasteiger partial charge on any atom is 0.328 e. The molecule has 5 aliphatic carbocycles. The number of allylic oxidation sites excluding steroid dienone is 1. The lowest BCUT2D eigenvalue weighted by Gasteiger charge is -2.59. The zero-order valence-corrected chi connectivity index (χ0v) is 16.9. The smallest absolute Gasteiger partial charge is 0.328 e. The largest absolute Gasteiger partial charge is 0.478 e. The molecular weight excluding hydrogens is 352 g/mol. The summed E-state index contributed by atoms with van der Waals surface area (Å²) >= 11 is 0. The van der Waals surface area contributed by atoms with Crippen LogP contribution >= 0.6 is 0 Å². The van der Waals surface area contributed by atoms with E-state index < -0.39 is 11.6 Å². The van der Waals surface area contributed by atoms with Crippen LogP contribution in [0.5, 0.6) is 0 Å². The Labute approximate surface area is 167 Å². The molecule has 28 heavy (non-hydrogen) atoms. The van der Waals surface area contributed by atoms with Gasteiger partial charge >= 0.3 is 5.97 Å². The molecule has 0 aliphatic heterocycles. The minimum atomic E-state index is -0.973. The third kappa shape index (κ3) is 2.27. The summed E-state index contributed by atoms with van der Waals surface area (Å²) < 4.78 is 0. The molecule has 4 fully saturated rings. The molecule has 0 aromatic rings. The zero-order valence-electron chi connectivity index (χ0n) is 16.9. The van der Waals surface area contributed by atoms with Gasteiger partial charge in [0.2, 0.25) is 0 Å². The number of carbonyl (C=O) groups is 2. The second-order valence-corrected chi connectivity index (χ2v) is 10.3. The van der Waals surface area contributed by atoms with Crippen LogP contribution in [0.4, 0.5) is 0 Å². The maximum absolute atomic E-state index is 12.0. The second kappa shape index (κ2) is 6.04. The molecule has 0 aromatic carbocycles. The minimum Gasteiger partial charge on any atom is -0.478 e. The minimum absolute atomic E-state index is 0.187.